The molecule has 0 spiro atoms. The molecule has 166 valence electrons. The van der Waals surface area contributed by atoms with Crippen molar-refractivity contribution in [1.29, 1.82) is 0 Å². The lowest BCUT2D eigenvalue weighted by atomic mass is 10.0. The van der Waals surface area contributed by atoms with Gasteiger partial charge in [0.15, 0.2) is 5.03 Å². The molecule has 2 heterocycles. The van der Waals surface area contributed by atoms with Crippen LogP contribution in [0, 0.1) is 13.8 Å². The minimum atomic E-state index is -3.76. The maximum absolute atomic E-state index is 12.8. The van der Waals surface area contributed by atoms with Gasteiger partial charge in [0.25, 0.3) is 5.91 Å². The van der Waals surface area contributed by atoms with Gasteiger partial charge in [-0.1, -0.05) is 6.07 Å². The number of ether oxygens (including phenoxy) is 1. The SMILES string of the molecule is CCOC(=O)N1CCC(NC(=O)c2ccc(S(=O)(=O)c3ccc(C)c(C)c3)nc2)CC1. The van der Waals surface area contributed by atoms with Gasteiger partial charge < -0.3 is 15.0 Å². The van der Waals surface area contributed by atoms with Crippen molar-refractivity contribution >= 4 is 21.8 Å². The number of nitrogens with one attached hydrogen (secondary N) is 1. The summed E-state index contributed by atoms with van der Waals surface area (Å²) in [4.78, 5) is 30.1. The van der Waals surface area contributed by atoms with E-state index in [9.17, 15) is 18.0 Å². The van der Waals surface area contributed by atoms with Crippen LogP contribution in [-0.4, -0.2) is 56.0 Å². The maximum Gasteiger partial charge on any atom is 0.409 e. The molecule has 1 aromatic carbocycles. The Morgan fingerprint density at radius 3 is 2.42 bits per heavy atom. The smallest absolute Gasteiger partial charge is 0.409 e. The Balaban J connectivity index is 1.63. The molecule has 1 N–H and O–H groups in total. The van der Waals surface area contributed by atoms with Crippen molar-refractivity contribution in [2.75, 3.05) is 19.7 Å². The monoisotopic (exact) mass is 445 g/mol. The Morgan fingerprint density at radius 2 is 1.84 bits per heavy atom. The van der Waals surface area contributed by atoms with Gasteiger partial charge >= 0.3 is 6.09 Å². The fraction of sp³-hybridized carbons (Fsp3) is 0.409. The van der Waals surface area contributed by atoms with Crippen LogP contribution in [0.1, 0.15) is 41.3 Å². The van der Waals surface area contributed by atoms with Crippen molar-refractivity contribution in [2.24, 2.45) is 0 Å². The number of carbonyl (C=O) groups is 2. The number of aryl methyl sites for hydroxylation is 2. The van der Waals surface area contributed by atoms with Gasteiger partial charge in [-0.15, -0.1) is 0 Å². The largest absolute Gasteiger partial charge is 0.450 e. The molecule has 1 fully saturated rings. The van der Waals surface area contributed by atoms with Crippen LogP contribution < -0.4 is 5.32 Å². The van der Waals surface area contributed by atoms with Crippen LogP contribution in [0.4, 0.5) is 4.79 Å². The fourth-order valence-corrected chi connectivity index (χ4v) is 4.62. The molecular weight excluding hydrogens is 418 g/mol. The average molecular weight is 446 g/mol. The number of amides is 2. The second-order valence-corrected chi connectivity index (χ2v) is 9.46. The third kappa shape index (κ3) is 5.22. The summed E-state index contributed by atoms with van der Waals surface area (Å²) in [6.07, 6.45) is 2.18. The molecule has 0 atom stereocenters. The van der Waals surface area contributed by atoms with Gasteiger partial charge in [-0.05, 0) is 69.0 Å². The number of nitrogens with zero attached hydrogens (tertiary/aromatic N) is 2. The number of sulfone groups is 1. The molecule has 2 aromatic rings. The van der Waals surface area contributed by atoms with Crippen LogP contribution in [0.3, 0.4) is 0 Å². The van der Waals surface area contributed by atoms with Gasteiger partial charge in [-0.2, -0.15) is 0 Å². The van der Waals surface area contributed by atoms with Crippen LogP contribution in [0.25, 0.3) is 0 Å². The van der Waals surface area contributed by atoms with Crippen LogP contribution in [0.5, 0.6) is 0 Å². The van der Waals surface area contributed by atoms with Gasteiger partial charge in [0, 0.05) is 25.3 Å². The number of rotatable bonds is 5. The van der Waals surface area contributed by atoms with Crippen LogP contribution in [0.2, 0.25) is 0 Å². The first kappa shape index (κ1) is 22.7. The molecule has 0 aliphatic carbocycles. The van der Waals surface area contributed by atoms with Crippen LogP contribution in [0.15, 0.2) is 46.5 Å². The molecule has 0 bridgehead atoms. The molecule has 0 unspecified atom stereocenters. The first-order chi connectivity index (χ1) is 14.7. The molecule has 31 heavy (non-hydrogen) atoms. The Hall–Kier alpha value is -2.94. The molecular formula is C22H27N3O5S. The Kier molecular flexibility index (Phi) is 6.94. The van der Waals surface area contributed by atoms with Crippen LogP contribution >= 0.6 is 0 Å². The summed E-state index contributed by atoms with van der Waals surface area (Å²) >= 11 is 0. The molecule has 1 saturated heterocycles. The predicted octanol–water partition coefficient (Wildman–Crippen LogP) is 2.88. The Labute approximate surface area is 182 Å². The summed E-state index contributed by atoms with van der Waals surface area (Å²) in [6.45, 7) is 6.88. The fourth-order valence-electron chi connectivity index (χ4n) is 3.37. The first-order valence-corrected chi connectivity index (χ1v) is 11.7. The highest BCUT2D eigenvalue weighted by molar-refractivity contribution is 7.91. The molecule has 3 rings (SSSR count). The summed E-state index contributed by atoms with van der Waals surface area (Å²) in [6, 6.07) is 7.68. The molecule has 2 amide bonds. The highest BCUT2D eigenvalue weighted by Crippen LogP contribution is 2.22. The van der Waals surface area contributed by atoms with E-state index in [2.05, 4.69) is 10.3 Å². The topological polar surface area (TPSA) is 106 Å². The van der Waals surface area contributed by atoms with E-state index in [0.717, 1.165) is 11.1 Å². The maximum atomic E-state index is 12.8. The molecule has 0 saturated carbocycles. The van der Waals surface area contributed by atoms with E-state index in [1.807, 2.05) is 13.8 Å². The molecule has 1 aromatic heterocycles. The number of piperidine rings is 1. The zero-order valence-corrected chi connectivity index (χ0v) is 18.7. The van der Waals surface area contributed by atoms with E-state index in [4.69, 9.17) is 4.74 Å². The average Bonchev–Trinajstić information content (AvgIpc) is 2.76. The predicted molar refractivity (Wildman–Crippen MR) is 115 cm³/mol. The number of benzene rings is 1. The van der Waals surface area contributed by atoms with Crippen molar-refractivity contribution in [3.63, 3.8) is 0 Å². The van der Waals surface area contributed by atoms with Gasteiger partial charge in [-0.25, -0.2) is 18.2 Å². The van der Waals surface area contributed by atoms with Crippen molar-refractivity contribution in [1.82, 2.24) is 15.2 Å². The molecule has 1 aliphatic rings. The Bertz CT molecular complexity index is 1060. The van der Waals surface area contributed by atoms with E-state index in [1.54, 1.807) is 30.0 Å². The number of likely N-dealkylation sites (tertiary alicyclic amines) is 1. The molecule has 8 nitrogen and oxygen atoms in total. The summed E-state index contributed by atoms with van der Waals surface area (Å²) in [5, 5.41) is 2.82. The summed E-state index contributed by atoms with van der Waals surface area (Å²) < 4.78 is 30.6. The Morgan fingerprint density at radius 1 is 1.13 bits per heavy atom. The first-order valence-electron chi connectivity index (χ1n) is 10.2. The van der Waals surface area contributed by atoms with E-state index in [0.29, 0.717) is 32.5 Å². The normalized spacial score (nSPS) is 14.9. The van der Waals surface area contributed by atoms with Crippen molar-refractivity contribution in [3.8, 4) is 0 Å². The summed E-state index contributed by atoms with van der Waals surface area (Å²) in [7, 11) is -3.76. The summed E-state index contributed by atoms with van der Waals surface area (Å²) in [5.74, 6) is -0.322. The van der Waals surface area contributed by atoms with Gasteiger partial charge in [0.2, 0.25) is 9.84 Å². The molecule has 1 aliphatic heterocycles. The zero-order valence-electron chi connectivity index (χ0n) is 17.9. The highest BCUT2D eigenvalue weighted by atomic mass is 32.2. The van der Waals surface area contributed by atoms with E-state index in [1.165, 1.54) is 18.3 Å². The van der Waals surface area contributed by atoms with Crippen molar-refractivity contribution in [2.45, 2.75) is 49.6 Å². The minimum absolute atomic E-state index is 0.0721. The number of carbonyl (C=O) groups excluding carboxylic acids is 2. The van der Waals surface area contributed by atoms with Gasteiger partial charge in [0.05, 0.1) is 17.1 Å². The second kappa shape index (κ2) is 9.47. The van der Waals surface area contributed by atoms with Gasteiger partial charge in [-0.3, -0.25) is 4.79 Å². The standard InChI is InChI=1S/C22H27N3O5S/c1-4-30-22(27)25-11-9-18(10-12-25)24-21(26)17-6-8-20(23-14-17)31(28,29)19-7-5-15(2)16(3)13-19/h5-8,13-14,18H,4,9-12H2,1-3H3,(H,24,26). The highest BCUT2D eigenvalue weighted by Gasteiger charge is 2.25. The quantitative estimate of drug-likeness (QED) is 0.759. The van der Waals surface area contributed by atoms with Crippen LogP contribution in [-0.2, 0) is 14.6 Å². The second-order valence-electron chi connectivity index (χ2n) is 7.57. The minimum Gasteiger partial charge on any atom is -0.450 e. The number of aromatic nitrogens is 1. The van der Waals surface area contributed by atoms with E-state index < -0.39 is 9.84 Å². The number of pyridine rings is 1. The lowest BCUT2D eigenvalue weighted by Crippen LogP contribution is -2.46. The zero-order chi connectivity index (χ0) is 22.6. The third-order valence-electron chi connectivity index (χ3n) is 5.42. The summed E-state index contributed by atoms with van der Waals surface area (Å²) in [5.41, 5.74) is 2.17. The lowest BCUT2D eigenvalue weighted by Gasteiger charge is -2.31. The van der Waals surface area contributed by atoms with E-state index >= 15 is 0 Å². The van der Waals surface area contributed by atoms with E-state index in [-0.39, 0.29) is 33.5 Å². The number of hydrogen-bond donors (Lipinski definition) is 1. The number of hydrogen-bond acceptors (Lipinski definition) is 6. The lowest BCUT2D eigenvalue weighted by molar-refractivity contribution is 0.0859. The van der Waals surface area contributed by atoms with Crippen molar-refractivity contribution < 1.29 is 22.7 Å². The third-order valence-corrected chi connectivity index (χ3v) is 7.09. The van der Waals surface area contributed by atoms with Gasteiger partial charge in [0.1, 0.15) is 0 Å². The van der Waals surface area contributed by atoms with Crippen molar-refractivity contribution in [3.05, 3.63) is 53.2 Å². The molecule has 0 radical (unpaired) electrons. The molecule has 9 heteroatoms.